The number of hydrogen-bond donors (Lipinski definition) is 1. The van der Waals surface area contributed by atoms with Gasteiger partial charge in [0.25, 0.3) is 0 Å². The SMILES string of the molecule is Cc1cnn(Cc2ccc(C=CC(=O)O)s2)c1. The van der Waals surface area contributed by atoms with Crippen LogP contribution in [0.25, 0.3) is 6.08 Å². The smallest absolute Gasteiger partial charge is 0.328 e. The Morgan fingerprint density at radius 3 is 3.06 bits per heavy atom. The summed E-state index contributed by atoms with van der Waals surface area (Å²) in [5.41, 5.74) is 1.13. The van der Waals surface area contributed by atoms with Gasteiger partial charge in [-0.3, -0.25) is 4.68 Å². The molecule has 0 unspecified atom stereocenters. The lowest BCUT2D eigenvalue weighted by Crippen LogP contribution is -1.97. The fraction of sp³-hybridized carbons (Fsp3) is 0.167. The van der Waals surface area contributed by atoms with Crippen LogP contribution in [0.5, 0.6) is 0 Å². The van der Waals surface area contributed by atoms with Crippen molar-refractivity contribution in [2.45, 2.75) is 13.5 Å². The predicted octanol–water partition coefficient (Wildman–Crippen LogP) is 2.40. The van der Waals surface area contributed by atoms with Crippen LogP contribution in [0.3, 0.4) is 0 Å². The molecule has 1 N–H and O–H groups in total. The van der Waals surface area contributed by atoms with Crippen LogP contribution in [0, 0.1) is 6.92 Å². The van der Waals surface area contributed by atoms with E-state index in [1.807, 2.05) is 36.1 Å². The number of rotatable bonds is 4. The molecule has 17 heavy (non-hydrogen) atoms. The Hall–Kier alpha value is -1.88. The van der Waals surface area contributed by atoms with Gasteiger partial charge >= 0.3 is 5.97 Å². The van der Waals surface area contributed by atoms with Crippen LogP contribution in [0.4, 0.5) is 0 Å². The summed E-state index contributed by atoms with van der Waals surface area (Å²) in [7, 11) is 0. The fourth-order valence-corrected chi connectivity index (χ4v) is 2.34. The van der Waals surface area contributed by atoms with E-state index in [4.69, 9.17) is 5.11 Å². The average molecular weight is 248 g/mol. The van der Waals surface area contributed by atoms with Crippen LogP contribution in [0.2, 0.25) is 0 Å². The number of aliphatic carboxylic acids is 1. The Balaban J connectivity index is 2.06. The largest absolute Gasteiger partial charge is 0.478 e. The molecule has 0 spiro atoms. The molecule has 2 rings (SSSR count). The Labute approximate surface area is 103 Å². The van der Waals surface area contributed by atoms with Crippen LogP contribution >= 0.6 is 11.3 Å². The molecule has 2 aromatic heterocycles. The molecule has 2 aromatic rings. The molecule has 0 bridgehead atoms. The average Bonchev–Trinajstić information content (AvgIpc) is 2.86. The number of carboxylic acid groups (broad SMARTS) is 1. The van der Waals surface area contributed by atoms with Crippen molar-refractivity contribution in [2.75, 3.05) is 0 Å². The summed E-state index contributed by atoms with van der Waals surface area (Å²) in [6, 6.07) is 3.90. The quantitative estimate of drug-likeness (QED) is 0.845. The van der Waals surface area contributed by atoms with Crippen molar-refractivity contribution in [3.05, 3.63) is 45.9 Å². The maximum atomic E-state index is 10.4. The minimum absolute atomic E-state index is 0.722. The normalized spacial score (nSPS) is 11.1. The molecule has 0 radical (unpaired) electrons. The van der Waals surface area contributed by atoms with Gasteiger partial charge in [0.05, 0.1) is 12.7 Å². The molecule has 0 saturated carbocycles. The summed E-state index contributed by atoms with van der Waals surface area (Å²) < 4.78 is 1.87. The van der Waals surface area contributed by atoms with Crippen molar-refractivity contribution in [2.24, 2.45) is 0 Å². The van der Waals surface area contributed by atoms with Crippen molar-refractivity contribution in [3.8, 4) is 0 Å². The summed E-state index contributed by atoms with van der Waals surface area (Å²) in [5, 5.41) is 12.7. The van der Waals surface area contributed by atoms with E-state index in [2.05, 4.69) is 5.10 Å². The molecule has 5 heteroatoms. The topological polar surface area (TPSA) is 55.1 Å². The molecular formula is C12H12N2O2S. The lowest BCUT2D eigenvalue weighted by molar-refractivity contribution is -0.131. The van der Waals surface area contributed by atoms with E-state index >= 15 is 0 Å². The lowest BCUT2D eigenvalue weighted by Gasteiger charge is -1.96. The van der Waals surface area contributed by atoms with Crippen molar-refractivity contribution < 1.29 is 9.90 Å². The monoisotopic (exact) mass is 248 g/mol. The van der Waals surface area contributed by atoms with Crippen LogP contribution < -0.4 is 0 Å². The zero-order valence-corrected chi connectivity index (χ0v) is 10.1. The highest BCUT2D eigenvalue weighted by molar-refractivity contribution is 7.12. The first-order chi connectivity index (χ1) is 8.13. The van der Waals surface area contributed by atoms with Gasteiger partial charge in [0, 0.05) is 22.0 Å². The molecule has 0 aliphatic rings. The van der Waals surface area contributed by atoms with Crippen molar-refractivity contribution in [1.82, 2.24) is 9.78 Å². The van der Waals surface area contributed by atoms with Gasteiger partial charge in [0.1, 0.15) is 0 Å². The van der Waals surface area contributed by atoms with Crippen LogP contribution in [0.15, 0.2) is 30.6 Å². The van der Waals surface area contributed by atoms with Gasteiger partial charge in [-0.2, -0.15) is 5.10 Å². The molecule has 0 saturated heterocycles. The third-order valence-electron chi connectivity index (χ3n) is 2.15. The molecule has 0 aliphatic carbocycles. The van der Waals surface area contributed by atoms with E-state index in [1.165, 1.54) is 0 Å². The zero-order chi connectivity index (χ0) is 12.3. The van der Waals surface area contributed by atoms with Gasteiger partial charge < -0.3 is 5.11 Å². The van der Waals surface area contributed by atoms with Crippen molar-refractivity contribution in [1.29, 1.82) is 0 Å². The predicted molar refractivity (Wildman–Crippen MR) is 67.1 cm³/mol. The fourth-order valence-electron chi connectivity index (χ4n) is 1.44. The maximum Gasteiger partial charge on any atom is 0.328 e. The lowest BCUT2D eigenvalue weighted by atomic mass is 10.4. The van der Waals surface area contributed by atoms with E-state index in [0.717, 1.165) is 27.9 Å². The zero-order valence-electron chi connectivity index (χ0n) is 9.33. The van der Waals surface area contributed by atoms with Crippen molar-refractivity contribution in [3.63, 3.8) is 0 Å². The Morgan fingerprint density at radius 2 is 2.41 bits per heavy atom. The van der Waals surface area contributed by atoms with Gasteiger partial charge in [-0.05, 0) is 30.7 Å². The summed E-state index contributed by atoms with van der Waals surface area (Å²) in [6.07, 6.45) is 6.55. The molecular weight excluding hydrogens is 236 g/mol. The Morgan fingerprint density at radius 1 is 1.59 bits per heavy atom. The molecule has 0 fully saturated rings. The van der Waals surface area contributed by atoms with Crippen LogP contribution in [-0.2, 0) is 11.3 Å². The summed E-state index contributed by atoms with van der Waals surface area (Å²) in [4.78, 5) is 12.5. The first kappa shape index (κ1) is 11.6. The van der Waals surface area contributed by atoms with Crippen LogP contribution in [0.1, 0.15) is 15.3 Å². The summed E-state index contributed by atoms with van der Waals surface area (Å²) in [6.45, 7) is 2.72. The number of aromatic nitrogens is 2. The van der Waals surface area contributed by atoms with Gasteiger partial charge in [-0.25, -0.2) is 4.79 Å². The number of aryl methyl sites for hydroxylation is 1. The second kappa shape index (κ2) is 4.97. The number of carboxylic acids is 1. The van der Waals surface area contributed by atoms with Gasteiger partial charge in [-0.15, -0.1) is 11.3 Å². The molecule has 2 heterocycles. The summed E-state index contributed by atoms with van der Waals surface area (Å²) >= 11 is 1.57. The highest BCUT2D eigenvalue weighted by Gasteiger charge is 2.00. The standard InChI is InChI=1S/C12H12N2O2S/c1-9-6-13-14(7-9)8-11-3-2-10(17-11)4-5-12(15)16/h2-7H,8H2,1H3,(H,15,16). The second-order valence-corrected chi connectivity index (χ2v) is 4.89. The summed E-state index contributed by atoms with van der Waals surface area (Å²) in [5.74, 6) is -0.928. The number of thiophene rings is 1. The van der Waals surface area contributed by atoms with E-state index in [0.29, 0.717) is 0 Å². The number of nitrogens with zero attached hydrogens (tertiary/aromatic N) is 2. The third kappa shape index (κ3) is 3.29. The Bertz CT molecular complexity index is 554. The number of hydrogen-bond acceptors (Lipinski definition) is 3. The van der Waals surface area contributed by atoms with E-state index in [1.54, 1.807) is 17.4 Å². The highest BCUT2D eigenvalue weighted by atomic mass is 32.1. The van der Waals surface area contributed by atoms with Gasteiger partial charge in [-0.1, -0.05) is 0 Å². The van der Waals surface area contributed by atoms with Crippen LogP contribution in [-0.4, -0.2) is 20.9 Å². The first-order valence-corrected chi connectivity index (χ1v) is 5.94. The third-order valence-corrected chi connectivity index (χ3v) is 3.19. The molecule has 0 atom stereocenters. The number of carbonyl (C=O) groups is 1. The molecule has 88 valence electrons. The van der Waals surface area contributed by atoms with E-state index in [9.17, 15) is 4.79 Å². The maximum absolute atomic E-state index is 10.4. The minimum atomic E-state index is -0.928. The van der Waals surface area contributed by atoms with Crippen molar-refractivity contribution >= 4 is 23.4 Å². The van der Waals surface area contributed by atoms with E-state index in [-0.39, 0.29) is 0 Å². The first-order valence-electron chi connectivity index (χ1n) is 5.12. The highest BCUT2D eigenvalue weighted by Crippen LogP contribution is 2.18. The van der Waals surface area contributed by atoms with Gasteiger partial charge in [0.15, 0.2) is 0 Å². The second-order valence-electron chi connectivity index (χ2n) is 3.69. The van der Waals surface area contributed by atoms with Gasteiger partial charge in [0.2, 0.25) is 0 Å². The van der Waals surface area contributed by atoms with E-state index < -0.39 is 5.97 Å². The molecule has 0 amide bonds. The Kier molecular flexibility index (Phi) is 3.39. The molecule has 4 nitrogen and oxygen atoms in total. The molecule has 0 aromatic carbocycles. The minimum Gasteiger partial charge on any atom is -0.478 e. The molecule has 0 aliphatic heterocycles.